The van der Waals surface area contributed by atoms with Crippen molar-refractivity contribution in [3.63, 3.8) is 0 Å². The van der Waals surface area contributed by atoms with Gasteiger partial charge in [0.05, 0.1) is 21.6 Å². The van der Waals surface area contributed by atoms with E-state index in [-0.39, 0.29) is 0 Å². The summed E-state index contributed by atoms with van der Waals surface area (Å²) in [6, 6.07) is 6.20. The Morgan fingerprint density at radius 1 is 1.35 bits per heavy atom. The van der Waals surface area contributed by atoms with Gasteiger partial charge in [-0.3, -0.25) is 0 Å². The summed E-state index contributed by atoms with van der Waals surface area (Å²) in [5.74, 6) is 0.964. The Morgan fingerprint density at radius 3 is 2.80 bits per heavy atom. The van der Waals surface area contributed by atoms with Crippen LogP contribution in [0.5, 0.6) is 0 Å². The lowest BCUT2D eigenvalue weighted by atomic mass is 10.3. The molecule has 6 heteroatoms. The number of nitrogens with two attached hydrogens (primary N) is 1. The number of halogens is 1. The molecule has 0 atom stereocenters. The highest BCUT2D eigenvalue weighted by atomic mass is 79.9. The third kappa shape index (κ3) is 2.23. The molecule has 0 unspecified atom stereocenters. The third-order valence-electron chi connectivity index (χ3n) is 3.17. The molecule has 2 N–H and O–H groups in total. The van der Waals surface area contributed by atoms with E-state index in [2.05, 4.69) is 38.5 Å². The first-order chi connectivity index (χ1) is 9.60. The zero-order chi connectivity index (χ0) is 14.3. The average molecular weight is 351 g/mol. The van der Waals surface area contributed by atoms with Crippen LogP contribution in [-0.4, -0.2) is 14.5 Å². The van der Waals surface area contributed by atoms with Crippen molar-refractivity contribution >= 4 is 43.4 Å². The molecule has 2 aromatic heterocycles. The molecule has 0 spiro atoms. The number of nitrogen functional groups attached to an aromatic ring is 1. The fraction of sp³-hybridized carbons (Fsp3) is 0.286. The van der Waals surface area contributed by atoms with E-state index in [4.69, 9.17) is 10.7 Å². The second-order valence-corrected chi connectivity index (χ2v) is 6.63. The summed E-state index contributed by atoms with van der Waals surface area (Å²) in [6.07, 6.45) is 1.06. The molecule has 0 bridgehead atoms. The summed E-state index contributed by atoms with van der Waals surface area (Å²) in [7, 11) is 0. The first kappa shape index (κ1) is 13.6. The summed E-state index contributed by atoms with van der Waals surface area (Å²) in [6.45, 7) is 5.08. The van der Waals surface area contributed by atoms with Crippen molar-refractivity contribution in [3.05, 3.63) is 28.4 Å². The maximum absolute atomic E-state index is 5.82. The van der Waals surface area contributed by atoms with E-state index < -0.39 is 0 Å². The fourth-order valence-electron chi connectivity index (χ4n) is 2.35. The second kappa shape index (κ2) is 5.18. The monoisotopic (exact) mass is 350 g/mol. The molecule has 4 nitrogen and oxygen atoms in total. The van der Waals surface area contributed by atoms with Crippen molar-refractivity contribution in [2.45, 2.75) is 26.8 Å². The molecule has 0 radical (unpaired) electrons. The minimum Gasteiger partial charge on any atom is -0.375 e. The topological polar surface area (TPSA) is 56.7 Å². The van der Waals surface area contributed by atoms with Gasteiger partial charge in [0.15, 0.2) is 11.0 Å². The number of benzene rings is 1. The minimum atomic E-state index is 0.591. The van der Waals surface area contributed by atoms with Crippen LogP contribution >= 0.6 is 27.3 Å². The van der Waals surface area contributed by atoms with Gasteiger partial charge in [-0.2, -0.15) is 0 Å². The van der Waals surface area contributed by atoms with Crippen LogP contribution in [0.3, 0.4) is 0 Å². The van der Waals surface area contributed by atoms with Gasteiger partial charge >= 0.3 is 0 Å². The maximum Gasteiger partial charge on any atom is 0.180 e. The van der Waals surface area contributed by atoms with E-state index in [0.717, 1.165) is 44.9 Å². The molecule has 0 fully saturated rings. The van der Waals surface area contributed by atoms with Crippen molar-refractivity contribution in [2.75, 3.05) is 5.73 Å². The number of nitrogens with zero attached hydrogens (tertiary/aromatic N) is 3. The van der Waals surface area contributed by atoms with Crippen LogP contribution in [0, 0.1) is 6.92 Å². The van der Waals surface area contributed by atoms with Gasteiger partial charge in [-0.25, -0.2) is 9.97 Å². The van der Waals surface area contributed by atoms with Gasteiger partial charge in [0.2, 0.25) is 0 Å². The zero-order valence-corrected chi connectivity index (χ0v) is 13.8. The predicted octanol–water partition coefficient (Wildman–Crippen LogP) is 4.22. The number of fused-ring (bicyclic) bond motifs is 1. The molecule has 1 aromatic carbocycles. The third-order valence-corrected chi connectivity index (χ3v) is 4.65. The van der Waals surface area contributed by atoms with Crippen LogP contribution in [0.15, 0.2) is 22.7 Å². The Hall–Kier alpha value is -1.40. The SMILES string of the molecule is CCCn1c(-c2sc(N)nc2C)nc2cc(Br)ccc21. The number of imidazole rings is 1. The molecule has 0 amide bonds. The maximum atomic E-state index is 5.82. The molecule has 0 aliphatic rings. The molecule has 2 heterocycles. The van der Waals surface area contributed by atoms with E-state index >= 15 is 0 Å². The normalized spacial score (nSPS) is 11.3. The summed E-state index contributed by atoms with van der Waals surface area (Å²) in [5.41, 5.74) is 8.91. The standard InChI is InChI=1S/C14H15BrN4S/c1-3-6-19-11-5-4-9(15)7-10(11)18-13(19)12-8(2)17-14(16)20-12/h4-5,7H,3,6H2,1-2H3,(H2,16,17). The minimum absolute atomic E-state index is 0.591. The van der Waals surface area contributed by atoms with Crippen LogP contribution in [0.4, 0.5) is 5.13 Å². The van der Waals surface area contributed by atoms with E-state index in [1.165, 1.54) is 11.3 Å². The highest BCUT2D eigenvalue weighted by molar-refractivity contribution is 9.10. The lowest BCUT2D eigenvalue weighted by Gasteiger charge is -2.06. The first-order valence-corrected chi connectivity index (χ1v) is 8.10. The smallest absolute Gasteiger partial charge is 0.180 e. The average Bonchev–Trinajstić information content (AvgIpc) is 2.90. The number of hydrogen-bond donors (Lipinski definition) is 1. The van der Waals surface area contributed by atoms with Crippen LogP contribution in [0.2, 0.25) is 0 Å². The highest BCUT2D eigenvalue weighted by Gasteiger charge is 2.17. The Kier molecular flexibility index (Phi) is 3.52. The number of aromatic nitrogens is 3. The van der Waals surface area contributed by atoms with Crippen molar-refractivity contribution < 1.29 is 0 Å². The largest absolute Gasteiger partial charge is 0.375 e. The molecule has 20 heavy (non-hydrogen) atoms. The van der Waals surface area contributed by atoms with E-state index in [9.17, 15) is 0 Å². The Balaban J connectivity index is 2.28. The van der Waals surface area contributed by atoms with Crippen LogP contribution < -0.4 is 5.73 Å². The quantitative estimate of drug-likeness (QED) is 0.769. The van der Waals surface area contributed by atoms with Gasteiger partial charge in [0.25, 0.3) is 0 Å². The van der Waals surface area contributed by atoms with Gasteiger partial charge in [-0.05, 0) is 31.5 Å². The first-order valence-electron chi connectivity index (χ1n) is 6.49. The Labute approximate surface area is 129 Å². The van der Waals surface area contributed by atoms with Crippen molar-refractivity contribution in [3.8, 4) is 10.7 Å². The van der Waals surface area contributed by atoms with Gasteiger partial charge in [-0.15, -0.1) is 0 Å². The number of rotatable bonds is 3. The molecule has 0 saturated carbocycles. The Morgan fingerprint density at radius 2 is 2.15 bits per heavy atom. The number of aryl methyl sites for hydroxylation is 2. The van der Waals surface area contributed by atoms with Crippen LogP contribution in [-0.2, 0) is 6.54 Å². The summed E-state index contributed by atoms with van der Waals surface area (Å²) in [5, 5.41) is 0.591. The zero-order valence-electron chi connectivity index (χ0n) is 11.4. The van der Waals surface area contributed by atoms with Crippen molar-refractivity contribution in [1.29, 1.82) is 0 Å². The molecule has 104 valence electrons. The van der Waals surface area contributed by atoms with Crippen LogP contribution in [0.25, 0.3) is 21.7 Å². The molecule has 0 aliphatic heterocycles. The van der Waals surface area contributed by atoms with Crippen LogP contribution in [0.1, 0.15) is 19.0 Å². The fourth-order valence-corrected chi connectivity index (χ4v) is 3.53. The van der Waals surface area contributed by atoms with Crippen molar-refractivity contribution in [2.24, 2.45) is 0 Å². The van der Waals surface area contributed by atoms with Gasteiger partial charge in [0, 0.05) is 11.0 Å². The van der Waals surface area contributed by atoms with E-state index in [1.54, 1.807) is 0 Å². The second-order valence-electron chi connectivity index (χ2n) is 4.69. The van der Waals surface area contributed by atoms with Crippen molar-refractivity contribution in [1.82, 2.24) is 14.5 Å². The molecule has 0 saturated heterocycles. The predicted molar refractivity (Wildman–Crippen MR) is 88.0 cm³/mol. The highest BCUT2D eigenvalue weighted by Crippen LogP contribution is 2.33. The van der Waals surface area contributed by atoms with Gasteiger partial charge < -0.3 is 10.3 Å². The molecule has 0 aliphatic carbocycles. The summed E-state index contributed by atoms with van der Waals surface area (Å²) in [4.78, 5) is 10.2. The Bertz CT molecular complexity index is 775. The van der Waals surface area contributed by atoms with E-state index in [1.807, 2.05) is 19.1 Å². The summed E-state index contributed by atoms with van der Waals surface area (Å²) >= 11 is 5.00. The molecule has 3 rings (SSSR count). The number of hydrogen-bond acceptors (Lipinski definition) is 4. The molecular weight excluding hydrogens is 336 g/mol. The lowest BCUT2D eigenvalue weighted by molar-refractivity contribution is 0.704. The molecule has 3 aromatic rings. The van der Waals surface area contributed by atoms with Gasteiger partial charge in [-0.1, -0.05) is 34.2 Å². The molecular formula is C14H15BrN4S. The van der Waals surface area contributed by atoms with E-state index in [0.29, 0.717) is 5.13 Å². The number of thiazole rings is 1. The summed E-state index contributed by atoms with van der Waals surface area (Å²) < 4.78 is 3.29. The van der Waals surface area contributed by atoms with Gasteiger partial charge in [0.1, 0.15) is 0 Å². The number of anilines is 1. The lowest BCUT2D eigenvalue weighted by Crippen LogP contribution is -1.99.